The topological polar surface area (TPSA) is 0 Å². The summed E-state index contributed by atoms with van der Waals surface area (Å²) in [6.07, 6.45) is 0.302. The third-order valence-electron chi connectivity index (χ3n) is 15.9. The van der Waals surface area contributed by atoms with Crippen molar-refractivity contribution in [1.29, 1.82) is 0 Å². The molecule has 34 heteroatoms. The maximum absolute atomic E-state index is 12.9. The van der Waals surface area contributed by atoms with Gasteiger partial charge in [0.25, 0.3) is 0 Å². The molecule has 0 saturated heterocycles. The summed E-state index contributed by atoms with van der Waals surface area (Å²) in [7, 11) is 0. The predicted molar refractivity (Wildman–Crippen MR) is 320 cm³/mol. The number of alkyl halides is 26. The minimum atomic E-state index is -6.85. The van der Waals surface area contributed by atoms with Crippen LogP contribution in [0, 0.1) is 99.9 Å². The Hall–Kier alpha value is -7.06. The summed E-state index contributed by atoms with van der Waals surface area (Å²) in [5, 5.41) is 0. The zero-order valence-electron chi connectivity index (χ0n) is 56.4. The molecule has 0 unspecified atom stereocenters. The van der Waals surface area contributed by atoms with Crippen LogP contribution in [0.5, 0.6) is 0 Å². The highest BCUT2D eigenvalue weighted by molar-refractivity contribution is 5.28. The number of hydrogen-bond donors (Lipinski definition) is 0. The number of aryl methyl sites for hydroxylation is 5. The quantitative estimate of drug-likeness (QED) is 0.0808. The number of hydrogen-bond acceptors (Lipinski definition) is 0. The molecule has 0 nitrogen and oxygen atoms in total. The molecule has 0 aliphatic heterocycles. The van der Waals surface area contributed by atoms with E-state index >= 15 is 0 Å². The Balaban J connectivity index is 0.000000584. The Morgan fingerprint density at radius 1 is 0.308 bits per heavy atom. The molecule has 6 aromatic rings. The normalized spacial score (nSPS) is 19.8. The molecule has 4 saturated carbocycles. The molecule has 4 aliphatic rings. The van der Waals surface area contributed by atoms with Crippen LogP contribution in [0.15, 0.2) is 121 Å². The zero-order chi connectivity index (χ0) is 81.4. The lowest BCUT2D eigenvalue weighted by atomic mass is 9.75. The molecular weight excluding hydrogens is 1490 g/mol. The third-order valence-corrected chi connectivity index (χ3v) is 15.9. The van der Waals surface area contributed by atoms with E-state index in [0.29, 0.717) is 11.1 Å². The average Bonchev–Trinajstić information content (AvgIpc) is 0.819. The largest absolute Gasteiger partial charge is 0.416 e. The molecular formula is C70H70F34. The summed E-state index contributed by atoms with van der Waals surface area (Å²) in [6.45, 7) is 12.5. The van der Waals surface area contributed by atoms with Crippen molar-refractivity contribution in [3.05, 3.63) is 212 Å². The van der Waals surface area contributed by atoms with E-state index in [1.165, 1.54) is 61.9 Å². The van der Waals surface area contributed by atoms with Gasteiger partial charge in [-0.3, -0.25) is 0 Å². The lowest BCUT2D eigenvalue weighted by Crippen LogP contribution is -2.77. The minimum absolute atomic E-state index is 0.0329. The molecule has 104 heavy (non-hydrogen) atoms. The van der Waals surface area contributed by atoms with Crippen LogP contribution in [0.1, 0.15) is 130 Å². The number of benzene rings is 6. The first-order valence-corrected chi connectivity index (χ1v) is 30.5. The molecule has 588 valence electrons. The maximum atomic E-state index is 12.9. The summed E-state index contributed by atoms with van der Waals surface area (Å²) >= 11 is 0. The van der Waals surface area contributed by atoms with E-state index in [4.69, 9.17) is 0 Å². The van der Waals surface area contributed by atoms with Crippen molar-refractivity contribution < 1.29 is 149 Å². The SMILES string of the molecule is CC1(F)CCCC1.CC1(F)CCCCC1.CC1C(F)(F)C(F)(F)C(F)(F)C(F)(F)C1(F)F.CC1C(F)(F)C(F)(F)C(F)(F)C1(F)F.Cc1c(F)c(F)c(F)c(F)c1F.Cc1ccc(F)cc1.Cc1cccc(C(F)(F)F)c1.Cc1cccc(F)c1.Cc1ccccc1C(F)(F)F.Cc1ccccc1F. The zero-order valence-corrected chi connectivity index (χ0v) is 56.4. The van der Waals surface area contributed by atoms with Gasteiger partial charge in [-0.05, 0) is 140 Å². The highest BCUT2D eigenvalue weighted by Crippen LogP contribution is 2.67. The lowest BCUT2D eigenvalue weighted by Gasteiger charge is -2.48. The van der Waals surface area contributed by atoms with Crippen molar-refractivity contribution >= 4 is 0 Å². The Morgan fingerprint density at radius 3 is 0.894 bits per heavy atom. The molecule has 0 spiro atoms. The fourth-order valence-corrected chi connectivity index (χ4v) is 9.10. The van der Waals surface area contributed by atoms with Gasteiger partial charge < -0.3 is 0 Å². The summed E-state index contributed by atoms with van der Waals surface area (Å²) < 4.78 is 420. The molecule has 4 fully saturated rings. The second-order valence-corrected chi connectivity index (χ2v) is 24.6. The minimum Gasteiger partial charge on any atom is -0.244 e. The van der Waals surface area contributed by atoms with Crippen LogP contribution in [-0.2, 0) is 12.4 Å². The molecule has 0 amide bonds. The van der Waals surface area contributed by atoms with Crippen molar-refractivity contribution in [3.63, 3.8) is 0 Å². The van der Waals surface area contributed by atoms with Crippen molar-refractivity contribution in [2.24, 2.45) is 11.8 Å². The standard InChI is InChI=1S/2C8H7F3.C7H4F10.C7H3F5.2C7H7F.C7H13F.C7H7F.C6H4F8.C6H11F/c1-6-3-2-4-7(5-6)8(9,10)11;1-6-4-2-3-5-7(6)8(9,10)11;1-2-3(8,9)5(12,13)7(16,17)6(14,15)4(2,10)11;1-2-3(8)5(10)7(12)6(11)4(2)9;1-6-2-4-7(8)5-3-6;1-6-3-2-4-7(8)5-6;1-7(8)5-3-2-4-6-7;1-6-4-2-3-5-7(6)8;1-2-3(7,8)5(11,12)6(13,14)4(2,9)10;1-6(7)4-2-3-5-6/h2*2-5H,1H3;2H,1H3;1H3;2*2-5H,1H3;2-6H2,1H3;2-5H,1H3;2H,1H3;2-5H2,1H3. The van der Waals surface area contributed by atoms with Gasteiger partial charge in [-0.2, -0.15) is 105 Å². The first-order valence-electron chi connectivity index (χ1n) is 30.5. The van der Waals surface area contributed by atoms with Gasteiger partial charge in [0.1, 0.15) is 28.8 Å². The highest BCUT2D eigenvalue weighted by atomic mass is 19.4. The van der Waals surface area contributed by atoms with Gasteiger partial charge in [-0.25, -0.2) is 43.9 Å². The van der Waals surface area contributed by atoms with Gasteiger partial charge >= 0.3 is 65.7 Å². The van der Waals surface area contributed by atoms with Gasteiger partial charge in [0.2, 0.25) is 5.82 Å². The summed E-state index contributed by atoms with van der Waals surface area (Å²) in [4.78, 5) is 0. The molecule has 6 aromatic carbocycles. The van der Waals surface area contributed by atoms with Gasteiger partial charge in [-0.1, -0.05) is 136 Å². The number of rotatable bonds is 0. The van der Waals surface area contributed by atoms with E-state index in [1.807, 2.05) is 26.0 Å². The van der Waals surface area contributed by atoms with Crippen LogP contribution < -0.4 is 0 Å². The number of halogens is 34. The van der Waals surface area contributed by atoms with Gasteiger partial charge in [-0.15, -0.1) is 0 Å². The second-order valence-electron chi connectivity index (χ2n) is 24.6. The van der Waals surface area contributed by atoms with E-state index < -0.39 is 135 Å². The smallest absolute Gasteiger partial charge is 0.244 e. The van der Waals surface area contributed by atoms with Gasteiger partial charge in [0.15, 0.2) is 23.3 Å². The van der Waals surface area contributed by atoms with E-state index in [-0.39, 0.29) is 36.9 Å². The van der Waals surface area contributed by atoms with Crippen molar-refractivity contribution in [2.75, 3.05) is 0 Å². The Morgan fingerprint density at radius 2 is 0.635 bits per heavy atom. The Kier molecular flexibility index (Phi) is 33.3. The molecule has 10 rings (SSSR count). The van der Waals surface area contributed by atoms with Crippen LogP contribution in [0.2, 0.25) is 0 Å². The fourth-order valence-electron chi connectivity index (χ4n) is 9.10. The molecule has 0 radical (unpaired) electrons. The summed E-state index contributed by atoms with van der Waals surface area (Å²) in [5.41, 5.74) is 0.00532. The summed E-state index contributed by atoms with van der Waals surface area (Å²) in [6, 6.07) is 30.3. The third kappa shape index (κ3) is 24.0. The maximum Gasteiger partial charge on any atom is 0.416 e. The Labute approximate surface area is 576 Å². The van der Waals surface area contributed by atoms with E-state index in [1.54, 1.807) is 70.2 Å². The van der Waals surface area contributed by atoms with Gasteiger partial charge in [0, 0.05) is 5.56 Å². The van der Waals surface area contributed by atoms with Crippen molar-refractivity contribution in [1.82, 2.24) is 0 Å². The monoisotopic (exact) mass is 1560 g/mol. The van der Waals surface area contributed by atoms with Crippen molar-refractivity contribution in [2.45, 2.75) is 204 Å². The van der Waals surface area contributed by atoms with E-state index in [0.717, 1.165) is 87.6 Å². The average molecular weight is 1560 g/mol. The summed E-state index contributed by atoms with van der Waals surface area (Å²) in [5.74, 6) is -72.1. The van der Waals surface area contributed by atoms with Crippen LogP contribution in [0.4, 0.5) is 149 Å². The van der Waals surface area contributed by atoms with Gasteiger partial charge in [0.05, 0.1) is 23.0 Å². The highest BCUT2D eigenvalue weighted by Gasteiger charge is 2.94. The molecule has 0 bridgehead atoms. The first kappa shape index (κ1) is 95.0. The Bertz CT molecular complexity index is 3390. The van der Waals surface area contributed by atoms with Crippen molar-refractivity contribution in [3.8, 4) is 0 Å². The van der Waals surface area contributed by atoms with E-state index in [2.05, 4.69) is 0 Å². The van der Waals surface area contributed by atoms with E-state index in [9.17, 15) is 149 Å². The first-order chi connectivity index (χ1) is 46.8. The lowest BCUT2D eigenvalue weighted by molar-refractivity contribution is -0.461. The molecule has 0 aromatic heterocycles. The second kappa shape index (κ2) is 36.5. The molecule has 0 atom stereocenters. The predicted octanol–water partition coefficient (Wildman–Crippen LogP) is 27.1. The molecule has 0 heterocycles. The molecule has 4 aliphatic carbocycles. The van der Waals surface area contributed by atoms with Crippen LogP contribution >= 0.6 is 0 Å². The molecule has 0 N–H and O–H groups in total. The van der Waals surface area contributed by atoms with Crippen LogP contribution in [-0.4, -0.2) is 64.6 Å². The van der Waals surface area contributed by atoms with Crippen LogP contribution in [0.3, 0.4) is 0 Å². The fraction of sp³-hybridized carbons (Fsp3) is 0.486. The van der Waals surface area contributed by atoms with Crippen LogP contribution in [0.25, 0.3) is 0 Å².